The van der Waals surface area contributed by atoms with Crippen LogP contribution in [0.5, 0.6) is 0 Å². The first-order valence-electron chi connectivity index (χ1n) is 10.5. The number of esters is 1. The van der Waals surface area contributed by atoms with Gasteiger partial charge in [-0.05, 0) is 35.7 Å². The number of hydrogen-bond donors (Lipinski definition) is 1. The summed E-state index contributed by atoms with van der Waals surface area (Å²) < 4.78 is 7.00. The van der Waals surface area contributed by atoms with E-state index in [-0.39, 0.29) is 18.5 Å². The van der Waals surface area contributed by atoms with E-state index in [1.165, 1.54) is 16.2 Å². The summed E-state index contributed by atoms with van der Waals surface area (Å²) in [6.45, 7) is -0.408. The number of benzene rings is 2. The lowest BCUT2D eigenvalue weighted by atomic mass is 10.2. The molecule has 34 heavy (non-hydrogen) atoms. The molecule has 0 aliphatic carbocycles. The topological polar surface area (TPSA) is 108 Å². The van der Waals surface area contributed by atoms with Gasteiger partial charge in [-0.3, -0.25) is 9.59 Å². The number of amides is 2. The van der Waals surface area contributed by atoms with Gasteiger partial charge in [0.15, 0.2) is 6.61 Å². The molecule has 2 amide bonds. The highest BCUT2D eigenvalue weighted by Crippen LogP contribution is 2.28. The fourth-order valence-electron chi connectivity index (χ4n) is 3.34. The molecular formula is C25H22N4O4S. The number of anilines is 1. The van der Waals surface area contributed by atoms with Crippen LogP contribution in [-0.4, -0.2) is 40.7 Å². The van der Waals surface area contributed by atoms with E-state index in [1.807, 2.05) is 53.9 Å². The summed E-state index contributed by atoms with van der Waals surface area (Å²) in [5.74, 6) is -1.66. The Bertz CT molecular complexity index is 1270. The molecule has 2 aromatic heterocycles. The lowest BCUT2D eigenvalue weighted by Crippen LogP contribution is -2.37. The van der Waals surface area contributed by atoms with Crippen LogP contribution in [-0.2, 0) is 14.3 Å². The Hall–Kier alpha value is -4.24. The summed E-state index contributed by atoms with van der Waals surface area (Å²) in [6.07, 6.45) is 1.58. The molecule has 0 aliphatic rings. The van der Waals surface area contributed by atoms with E-state index in [9.17, 15) is 14.4 Å². The number of hydrogen-bond acceptors (Lipinski definition) is 6. The number of ether oxygens (including phenoxy) is 1. The minimum atomic E-state index is -0.665. The van der Waals surface area contributed by atoms with Crippen molar-refractivity contribution in [2.75, 3.05) is 18.1 Å². The molecule has 9 heteroatoms. The summed E-state index contributed by atoms with van der Waals surface area (Å²) in [5, 5.41) is 6.48. The van der Waals surface area contributed by atoms with Crippen molar-refractivity contribution >= 4 is 34.8 Å². The Kier molecular flexibility index (Phi) is 7.14. The number of nitrogens with two attached hydrogens (primary N) is 1. The van der Waals surface area contributed by atoms with Crippen LogP contribution in [0, 0.1) is 0 Å². The fourth-order valence-corrected chi connectivity index (χ4v) is 4.07. The first-order chi connectivity index (χ1) is 16.5. The third-order valence-electron chi connectivity index (χ3n) is 4.99. The molecule has 0 bridgehead atoms. The van der Waals surface area contributed by atoms with Crippen molar-refractivity contribution in [2.45, 2.75) is 6.42 Å². The van der Waals surface area contributed by atoms with E-state index in [0.29, 0.717) is 11.4 Å². The van der Waals surface area contributed by atoms with Crippen molar-refractivity contribution in [1.29, 1.82) is 0 Å². The van der Waals surface area contributed by atoms with Crippen molar-refractivity contribution < 1.29 is 19.1 Å². The maximum absolute atomic E-state index is 13.0. The van der Waals surface area contributed by atoms with Crippen LogP contribution in [0.25, 0.3) is 16.3 Å². The van der Waals surface area contributed by atoms with Crippen molar-refractivity contribution in [3.8, 4) is 16.3 Å². The Morgan fingerprint density at radius 1 is 0.971 bits per heavy atom. The molecule has 0 fully saturated rings. The van der Waals surface area contributed by atoms with Crippen molar-refractivity contribution in [3.63, 3.8) is 0 Å². The van der Waals surface area contributed by atoms with E-state index in [2.05, 4.69) is 5.10 Å². The second-order valence-corrected chi connectivity index (χ2v) is 8.27. The zero-order chi connectivity index (χ0) is 23.9. The maximum atomic E-state index is 13.0. The summed E-state index contributed by atoms with van der Waals surface area (Å²) in [7, 11) is 0. The van der Waals surface area contributed by atoms with Gasteiger partial charge in [-0.25, -0.2) is 9.48 Å². The van der Waals surface area contributed by atoms with Crippen LogP contribution in [0.15, 0.2) is 84.4 Å². The number of carbonyl (C=O) groups is 3. The molecule has 0 spiro atoms. The van der Waals surface area contributed by atoms with Gasteiger partial charge in [-0.15, -0.1) is 11.3 Å². The Labute approximate surface area is 200 Å². The van der Waals surface area contributed by atoms with Crippen molar-refractivity contribution in [2.24, 2.45) is 5.73 Å². The van der Waals surface area contributed by atoms with E-state index in [1.54, 1.807) is 35.1 Å². The predicted octanol–water partition coefficient (Wildman–Crippen LogP) is 3.67. The molecule has 8 nitrogen and oxygen atoms in total. The van der Waals surface area contributed by atoms with Gasteiger partial charge in [0.05, 0.1) is 10.6 Å². The molecule has 0 radical (unpaired) electrons. The Balaban J connectivity index is 1.54. The zero-order valence-corrected chi connectivity index (χ0v) is 19.0. The summed E-state index contributed by atoms with van der Waals surface area (Å²) in [4.78, 5) is 39.4. The molecule has 4 aromatic rings. The van der Waals surface area contributed by atoms with Gasteiger partial charge in [0, 0.05) is 24.8 Å². The van der Waals surface area contributed by atoms with Crippen molar-refractivity contribution in [1.82, 2.24) is 9.78 Å². The van der Waals surface area contributed by atoms with E-state index >= 15 is 0 Å². The second-order valence-electron chi connectivity index (χ2n) is 7.32. The second kappa shape index (κ2) is 10.6. The molecule has 2 heterocycles. The summed E-state index contributed by atoms with van der Waals surface area (Å²) in [5.41, 5.74) is 7.36. The molecule has 0 unspecified atom stereocenters. The van der Waals surface area contributed by atoms with Gasteiger partial charge >= 0.3 is 5.97 Å². The Morgan fingerprint density at radius 3 is 2.32 bits per heavy atom. The SMILES string of the molecule is NC(=O)CCN(C(=O)COC(=O)c1cn(-c2ccccc2)nc1-c1cccs1)c1ccccc1. The average molecular weight is 475 g/mol. The Morgan fingerprint density at radius 2 is 1.68 bits per heavy atom. The molecular weight excluding hydrogens is 452 g/mol. The van der Waals surface area contributed by atoms with Crippen LogP contribution >= 0.6 is 11.3 Å². The quantitative estimate of drug-likeness (QED) is 0.373. The van der Waals surface area contributed by atoms with Crippen molar-refractivity contribution in [3.05, 3.63) is 89.9 Å². The molecule has 2 N–H and O–H groups in total. The minimum Gasteiger partial charge on any atom is -0.452 e. The first-order valence-corrected chi connectivity index (χ1v) is 11.4. The lowest BCUT2D eigenvalue weighted by molar-refractivity contribution is -0.121. The van der Waals surface area contributed by atoms with Gasteiger partial charge in [-0.2, -0.15) is 5.10 Å². The number of aromatic nitrogens is 2. The third kappa shape index (κ3) is 5.38. The average Bonchev–Trinajstić information content (AvgIpc) is 3.54. The van der Waals surface area contributed by atoms with Crippen LogP contribution in [0.3, 0.4) is 0 Å². The molecule has 2 aromatic carbocycles. The largest absolute Gasteiger partial charge is 0.452 e. The monoisotopic (exact) mass is 474 g/mol. The molecule has 0 saturated carbocycles. The molecule has 0 saturated heterocycles. The number of nitrogens with zero attached hydrogens (tertiary/aromatic N) is 3. The number of rotatable bonds is 9. The van der Waals surface area contributed by atoms with Crippen LogP contribution in [0.4, 0.5) is 5.69 Å². The maximum Gasteiger partial charge on any atom is 0.342 e. The summed E-state index contributed by atoms with van der Waals surface area (Å²) >= 11 is 1.45. The molecule has 4 rings (SSSR count). The highest BCUT2D eigenvalue weighted by molar-refractivity contribution is 7.13. The normalized spacial score (nSPS) is 10.6. The highest BCUT2D eigenvalue weighted by atomic mass is 32.1. The van der Waals surface area contributed by atoms with Gasteiger partial charge in [0.25, 0.3) is 5.91 Å². The van der Waals surface area contributed by atoms with Gasteiger partial charge in [-0.1, -0.05) is 42.5 Å². The first kappa shape index (κ1) is 22.9. The van der Waals surface area contributed by atoms with E-state index < -0.39 is 24.4 Å². The molecule has 172 valence electrons. The standard InChI is InChI=1S/C25H22N4O4S/c26-22(30)13-14-28(18-8-3-1-4-9-18)23(31)17-33-25(32)20-16-29(19-10-5-2-6-11-19)27-24(20)21-12-7-15-34-21/h1-12,15-16H,13-14,17H2,(H2,26,30). The summed E-state index contributed by atoms with van der Waals surface area (Å²) in [6, 6.07) is 22.0. The van der Waals surface area contributed by atoms with Gasteiger partial charge < -0.3 is 15.4 Å². The zero-order valence-electron chi connectivity index (χ0n) is 18.2. The predicted molar refractivity (Wildman–Crippen MR) is 130 cm³/mol. The van der Waals surface area contributed by atoms with E-state index in [4.69, 9.17) is 10.5 Å². The number of thiophene rings is 1. The number of para-hydroxylation sites is 2. The van der Waals surface area contributed by atoms with Gasteiger partial charge in [0.2, 0.25) is 5.91 Å². The van der Waals surface area contributed by atoms with Crippen LogP contribution in [0.1, 0.15) is 16.8 Å². The van der Waals surface area contributed by atoms with Crippen LogP contribution < -0.4 is 10.6 Å². The number of carbonyl (C=O) groups excluding carboxylic acids is 3. The van der Waals surface area contributed by atoms with Gasteiger partial charge in [0.1, 0.15) is 11.3 Å². The highest BCUT2D eigenvalue weighted by Gasteiger charge is 2.23. The van der Waals surface area contributed by atoms with E-state index in [0.717, 1.165) is 10.6 Å². The number of primary amides is 1. The van der Waals surface area contributed by atoms with Crippen LogP contribution in [0.2, 0.25) is 0 Å². The third-order valence-corrected chi connectivity index (χ3v) is 5.86. The minimum absolute atomic E-state index is 0.0129. The smallest absolute Gasteiger partial charge is 0.342 e. The molecule has 0 aliphatic heterocycles. The lowest BCUT2D eigenvalue weighted by Gasteiger charge is -2.22. The fraction of sp³-hybridized carbons (Fsp3) is 0.120. The molecule has 0 atom stereocenters.